The molecule has 0 saturated heterocycles. The highest BCUT2D eigenvalue weighted by Crippen LogP contribution is 2.18. The zero-order valence-electron chi connectivity index (χ0n) is 10.8. The van der Waals surface area contributed by atoms with Crippen LogP contribution in [0.25, 0.3) is 0 Å². The largest absolute Gasteiger partial charge is 0.386 e. The lowest BCUT2D eigenvalue weighted by Gasteiger charge is -2.13. The Balaban J connectivity index is 2.43. The van der Waals surface area contributed by atoms with E-state index in [0.29, 0.717) is 25.7 Å². The summed E-state index contributed by atoms with van der Waals surface area (Å²) >= 11 is 0. The maximum Gasteiger partial charge on any atom is 0.102 e. The van der Waals surface area contributed by atoms with E-state index in [2.05, 4.69) is 26.0 Å². The summed E-state index contributed by atoms with van der Waals surface area (Å²) in [4.78, 5) is 0. The Kier molecular flexibility index (Phi) is 6.19. The molecular formula is C14H22O3. The number of aliphatic hydroxyl groups is 1. The SMILES string of the molecule is COCCOCC(O)c1ccc(C(C)C)cc1. The number of ether oxygens (including phenoxy) is 2. The predicted molar refractivity (Wildman–Crippen MR) is 68.2 cm³/mol. The Morgan fingerprint density at radius 2 is 1.65 bits per heavy atom. The number of rotatable bonds is 7. The highest BCUT2D eigenvalue weighted by Gasteiger charge is 2.08. The molecule has 17 heavy (non-hydrogen) atoms. The topological polar surface area (TPSA) is 38.7 Å². The van der Waals surface area contributed by atoms with Crippen LogP contribution >= 0.6 is 0 Å². The van der Waals surface area contributed by atoms with Crippen LogP contribution in [0.3, 0.4) is 0 Å². The molecule has 0 aliphatic carbocycles. The fraction of sp³-hybridized carbons (Fsp3) is 0.571. The Morgan fingerprint density at radius 3 is 2.18 bits per heavy atom. The number of benzene rings is 1. The standard InChI is InChI=1S/C14H22O3/c1-11(2)12-4-6-13(7-5-12)14(15)10-17-9-8-16-3/h4-7,11,14-15H,8-10H2,1-3H3. The first-order chi connectivity index (χ1) is 8.15. The number of hydrogen-bond acceptors (Lipinski definition) is 3. The molecular weight excluding hydrogens is 216 g/mol. The van der Waals surface area contributed by atoms with E-state index >= 15 is 0 Å². The van der Waals surface area contributed by atoms with E-state index in [1.807, 2.05) is 12.1 Å². The molecule has 0 aliphatic rings. The normalized spacial score (nSPS) is 13.0. The van der Waals surface area contributed by atoms with E-state index in [1.165, 1.54) is 5.56 Å². The van der Waals surface area contributed by atoms with E-state index in [9.17, 15) is 5.11 Å². The third kappa shape index (κ3) is 4.86. The van der Waals surface area contributed by atoms with Crippen molar-refractivity contribution in [2.24, 2.45) is 0 Å². The van der Waals surface area contributed by atoms with Crippen LogP contribution in [0.5, 0.6) is 0 Å². The van der Waals surface area contributed by atoms with Gasteiger partial charge < -0.3 is 14.6 Å². The molecule has 0 amide bonds. The molecule has 1 aromatic rings. The minimum absolute atomic E-state index is 0.310. The van der Waals surface area contributed by atoms with E-state index in [0.717, 1.165) is 5.56 Å². The van der Waals surface area contributed by atoms with Gasteiger partial charge in [-0.05, 0) is 17.0 Å². The Morgan fingerprint density at radius 1 is 1.06 bits per heavy atom. The summed E-state index contributed by atoms with van der Waals surface area (Å²) in [6, 6.07) is 8.02. The number of hydrogen-bond donors (Lipinski definition) is 1. The van der Waals surface area contributed by atoms with Crippen LogP contribution < -0.4 is 0 Å². The molecule has 1 rings (SSSR count). The van der Waals surface area contributed by atoms with Crippen molar-refractivity contribution in [2.75, 3.05) is 26.9 Å². The molecule has 0 spiro atoms. The summed E-state index contributed by atoms with van der Waals surface area (Å²) in [5.74, 6) is 0.513. The van der Waals surface area contributed by atoms with E-state index in [1.54, 1.807) is 7.11 Å². The van der Waals surface area contributed by atoms with E-state index in [4.69, 9.17) is 9.47 Å². The van der Waals surface area contributed by atoms with E-state index in [-0.39, 0.29) is 0 Å². The van der Waals surface area contributed by atoms with Crippen molar-refractivity contribution >= 4 is 0 Å². The van der Waals surface area contributed by atoms with Crippen molar-refractivity contribution in [1.29, 1.82) is 0 Å². The summed E-state index contributed by atoms with van der Waals surface area (Å²) in [7, 11) is 1.63. The summed E-state index contributed by atoms with van der Waals surface area (Å²) in [6.45, 7) is 5.68. The monoisotopic (exact) mass is 238 g/mol. The molecule has 3 nitrogen and oxygen atoms in total. The number of aliphatic hydroxyl groups excluding tert-OH is 1. The zero-order chi connectivity index (χ0) is 12.7. The van der Waals surface area contributed by atoms with Gasteiger partial charge in [0.25, 0.3) is 0 Å². The average Bonchev–Trinajstić information content (AvgIpc) is 2.34. The van der Waals surface area contributed by atoms with Gasteiger partial charge in [-0.2, -0.15) is 0 Å². The van der Waals surface area contributed by atoms with Crippen LogP contribution in [0.4, 0.5) is 0 Å². The maximum atomic E-state index is 9.88. The van der Waals surface area contributed by atoms with Gasteiger partial charge >= 0.3 is 0 Å². The van der Waals surface area contributed by atoms with Crippen LogP contribution in [-0.4, -0.2) is 32.0 Å². The molecule has 96 valence electrons. The van der Waals surface area contributed by atoms with Crippen molar-refractivity contribution < 1.29 is 14.6 Å². The van der Waals surface area contributed by atoms with Crippen molar-refractivity contribution in [1.82, 2.24) is 0 Å². The second kappa shape index (κ2) is 7.43. The van der Waals surface area contributed by atoms with Gasteiger partial charge in [-0.1, -0.05) is 38.1 Å². The molecule has 1 unspecified atom stereocenters. The second-order valence-corrected chi connectivity index (χ2v) is 4.40. The van der Waals surface area contributed by atoms with Crippen molar-refractivity contribution in [3.8, 4) is 0 Å². The lowest BCUT2D eigenvalue weighted by atomic mass is 10.0. The first-order valence-corrected chi connectivity index (χ1v) is 5.99. The molecule has 0 heterocycles. The predicted octanol–water partition coefficient (Wildman–Crippen LogP) is 2.51. The van der Waals surface area contributed by atoms with Crippen LogP contribution in [0.15, 0.2) is 24.3 Å². The van der Waals surface area contributed by atoms with Gasteiger partial charge in [-0.3, -0.25) is 0 Å². The van der Waals surface area contributed by atoms with Crippen LogP contribution in [-0.2, 0) is 9.47 Å². The molecule has 0 bridgehead atoms. The van der Waals surface area contributed by atoms with Gasteiger partial charge in [0.15, 0.2) is 0 Å². The Hall–Kier alpha value is -0.900. The smallest absolute Gasteiger partial charge is 0.102 e. The van der Waals surface area contributed by atoms with Gasteiger partial charge in [0.05, 0.1) is 19.8 Å². The maximum absolute atomic E-state index is 9.88. The first-order valence-electron chi connectivity index (χ1n) is 5.99. The van der Waals surface area contributed by atoms with Crippen LogP contribution in [0.1, 0.15) is 37.0 Å². The molecule has 0 aromatic heterocycles. The van der Waals surface area contributed by atoms with Crippen molar-refractivity contribution in [2.45, 2.75) is 25.9 Å². The molecule has 0 radical (unpaired) electrons. The van der Waals surface area contributed by atoms with Gasteiger partial charge in [0.2, 0.25) is 0 Å². The molecule has 1 N–H and O–H groups in total. The molecule has 3 heteroatoms. The zero-order valence-corrected chi connectivity index (χ0v) is 10.8. The second-order valence-electron chi connectivity index (χ2n) is 4.40. The first kappa shape index (κ1) is 14.2. The summed E-state index contributed by atoms with van der Waals surface area (Å²) < 4.78 is 10.2. The summed E-state index contributed by atoms with van der Waals surface area (Å²) in [6.07, 6.45) is -0.562. The lowest BCUT2D eigenvalue weighted by Crippen LogP contribution is -2.10. The molecule has 1 aromatic carbocycles. The number of methoxy groups -OCH3 is 1. The molecule has 0 aliphatic heterocycles. The van der Waals surface area contributed by atoms with Gasteiger partial charge in [0.1, 0.15) is 6.10 Å². The molecule has 0 fully saturated rings. The molecule has 1 atom stereocenters. The lowest BCUT2D eigenvalue weighted by molar-refractivity contribution is 0.0126. The minimum Gasteiger partial charge on any atom is -0.386 e. The quantitative estimate of drug-likeness (QED) is 0.742. The third-order valence-corrected chi connectivity index (χ3v) is 2.70. The summed E-state index contributed by atoms with van der Waals surface area (Å²) in [5.41, 5.74) is 2.17. The molecule has 0 saturated carbocycles. The van der Waals surface area contributed by atoms with Gasteiger partial charge in [-0.25, -0.2) is 0 Å². The Bertz CT molecular complexity index is 306. The highest BCUT2D eigenvalue weighted by atomic mass is 16.5. The fourth-order valence-corrected chi connectivity index (χ4v) is 1.54. The van der Waals surface area contributed by atoms with Gasteiger partial charge in [0, 0.05) is 7.11 Å². The van der Waals surface area contributed by atoms with Crippen LogP contribution in [0.2, 0.25) is 0 Å². The van der Waals surface area contributed by atoms with Crippen molar-refractivity contribution in [3.63, 3.8) is 0 Å². The van der Waals surface area contributed by atoms with Crippen molar-refractivity contribution in [3.05, 3.63) is 35.4 Å². The highest BCUT2D eigenvalue weighted by molar-refractivity contribution is 5.26. The Labute approximate surface area is 103 Å². The third-order valence-electron chi connectivity index (χ3n) is 2.70. The average molecular weight is 238 g/mol. The summed E-state index contributed by atoms with van der Waals surface area (Å²) in [5, 5.41) is 9.88. The van der Waals surface area contributed by atoms with Gasteiger partial charge in [-0.15, -0.1) is 0 Å². The fourth-order valence-electron chi connectivity index (χ4n) is 1.54. The van der Waals surface area contributed by atoms with Crippen LogP contribution in [0, 0.1) is 0 Å². The van der Waals surface area contributed by atoms with E-state index < -0.39 is 6.10 Å². The minimum atomic E-state index is -0.562.